The molecule has 0 N–H and O–H groups in total. The van der Waals surface area contributed by atoms with Crippen LogP contribution in [0.5, 0.6) is 0 Å². The first kappa shape index (κ1) is 49.0. The van der Waals surface area contributed by atoms with Crippen LogP contribution in [0.25, 0.3) is 87.6 Å². The molecule has 0 saturated heterocycles. The molecule has 9 aromatic rings. The Balaban J connectivity index is 1.53. The zero-order valence-electron chi connectivity index (χ0n) is 45.9. The van der Waals surface area contributed by atoms with Crippen LogP contribution in [0.1, 0.15) is 158 Å². The average molecular weight is 919 g/mol. The highest BCUT2D eigenvalue weighted by Gasteiger charge is 2.27. The lowest BCUT2D eigenvalue weighted by Crippen LogP contribution is -2.11. The van der Waals surface area contributed by atoms with Crippen molar-refractivity contribution in [1.82, 2.24) is 0 Å². The summed E-state index contributed by atoms with van der Waals surface area (Å²) in [7, 11) is 0. The average Bonchev–Trinajstić information content (AvgIpc) is 3.28. The zero-order valence-corrected chi connectivity index (χ0v) is 45.9. The van der Waals surface area contributed by atoms with E-state index in [0.29, 0.717) is 0 Å². The van der Waals surface area contributed by atoms with E-state index in [0.717, 1.165) is 0 Å². The molecular formula is C70H78. The van der Waals surface area contributed by atoms with Crippen LogP contribution in [0.15, 0.2) is 146 Å². The molecule has 0 heteroatoms. The van der Waals surface area contributed by atoms with Gasteiger partial charge in [0.1, 0.15) is 0 Å². The number of rotatable bonds is 4. The summed E-state index contributed by atoms with van der Waals surface area (Å²) in [6.07, 6.45) is 0. The molecule has 0 bridgehead atoms. The minimum Gasteiger partial charge on any atom is -0.0579 e. The van der Waals surface area contributed by atoms with Crippen molar-refractivity contribution in [3.8, 4) is 44.5 Å². The fraction of sp³-hybridized carbons (Fsp3) is 0.343. The van der Waals surface area contributed by atoms with E-state index in [1.165, 1.54) is 121 Å². The van der Waals surface area contributed by atoms with Crippen LogP contribution >= 0.6 is 0 Å². The van der Waals surface area contributed by atoms with E-state index >= 15 is 0 Å². The maximum Gasteiger partial charge on any atom is -0.00201 e. The summed E-state index contributed by atoms with van der Waals surface area (Å²) >= 11 is 0. The van der Waals surface area contributed by atoms with Crippen LogP contribution in [0, 0.1) is 0 Å². The standard InChI is InChI=1S/C70H78/c1-65(2,3)47-27-19-43(20-28-47)61-57-39-51(69(13,14)15)35-37-53(57)55-42-60-56(41-59(55)63(61)45-23-31-49(32-24-45)67(7,8)9)54-38-36-52(70(16,17)18)40-58(54)62(44-21-29-48(30-22-44)66(4,5)6)64(60)46-25-33-50(34-26-46)68(10,11)12/h19-42H,1-18H3. The third kappa shape index (κ3) is 9.02. The second-order valence-electron chi connectivity index (χ2n) is 26.8. The Hall–Kier alpha value is -5.98. The van der Waals surface area contributed by atoms with Crippen LogP contribution in [-0.4, -0.2) is 0 Å². The van der Waals surface area contributed by atoms with Crippen molar-refractivity contribution < 1.29 is 0 Å². The fourth-order valence-corrected chi connectivity index (χ4v) is 10.6. The van der Waals surface area contributed by atoms with Gasteiger partial charge in [-0.3, -0.25) is 0 Å². The normalized spacial score (nSPS) is 13.3. The molecule has 358 valence electrons. The third-order valence-corrected chi connectivity index (χ3v) is 15.2. The SMILES string of the molecule is CC(C)(C)c1ccc(-c2c(-c3ccc(C(C)(C)C)cc3)c3cc4c(cc3c3ccc(C(C)(C)C)cc23)c(-c2ccc(C(C)(C)C)cc2)c(-c2ccc(C(C)(C)C)cc2)c2cc(C(C)(C)C)ccc24)cc1. The predicted molar refractivity (Wildman–Crippen MR) is 310 cm³/mol. The smallest absolute Gasteiger partial charge is 0.00201 e. The van der Waals surface area contributed by atoms with E-state index in [-0.39, 0.29) is 32.5 Å². The Labute approximate surface area is 421 Å². The van der Waals surface area contributed by atoms with E-state index < -0.39 is 0 Å². The van der Waals surface area contributed by atoms with Crippen LogP contribution in [-0.2, 0) is 32.5 Å². The second kappa shape index (κ2) is 16.8. The quantitative estimate of drug-likeness (QED) is 0.122. The van der Waals surface area contributed by atoms with E-state index in [2.05, 4.69) is 270 Å². The number of fused-ring (bicyclic) bond motifs is 6. The van der Waals surface area contributed by atoms with E-state index in [9.17, 15) is 0 Å². The first-order chi connectivity index (χ1) is 32.5. The largest absolute Gasteiger partial charge is 0.0579 e. The van der Waals surface area contributed by atoms with Crippen molar-refractivity contribution in [1.29, 1.82) is 0 Å². The van der Waals surface area contributed by atoms with Gasteiger partial charge in [0.2, 0.25) is 0 Å². The molecule has 0 saturated carbocycles. The molecular weight excluding hydrogens is 841 g/mol. The van der Waals surface area contributed by atoms with Gasteiger partial charge < -0.3 is 0 Å². The Morgan fingerprint density at radius 1 is 0.171 bits per heavy atom. The van der Waals surface area contributed by atoms with Gasteiger partial charge in [-0.15, -0.1) is 0 Å². The van der Waals surface area contributed by atoms with Gasteiger partial charge in [-0.1, -0.05) is 246 Å². The van der Waals surface area contributed by atoms with Gasteiger partial charge in [0.05, 0.1) is 0 Å². The summed E-state index contributed by atoms with van der Waals surface area (Å²) in [6.45, 7) is 41.8. The van der Waals surface area contributed by atoms with Gasteiger partial charge in [-0.25, -0.2) is 0 Å². The van der Waals surface area contributed by atoms with Crippen LogP contribution in [0.4, 0.5) is 0 Å². The Morgan fingerprint density at radius 2 is 0.357 bits per heavy atom. The summed E-state index contributed by atoms with van der Waals surface area (Å²) in [5.74, 6) is 0. The summed E-state index contributed by atoms with van der Waals surface area (Å²) in [5.41, 5.74) is 18.2. The molecule has 0 heterocycles. The minimum absolute atomic E-state index is 0.0322. The molecule has 9 rings (SSSR count). The summed E-state index contributed by atoms with van der Waals surface area (Å²) in [6, 6.07) is 57.9. The Bertz CT molecular complexity index is 3200. The zero-order chi connectivity index (χ0) is 50.7. The van der Waals surface area contributed by atoms with Crippen molar-refractivity contribution in [2.75, 3.05) is 0 Å². The van der Waals surface area contributed by atoms with Gasteiger partial charge in [0.25, 0.3) is 0 Å². The molecule has 0 aromatic heterocycles. The Kier molecular flexibility index (Phi) is 11.8. The van der Waals surface area contributed by atoms with Crippen molar-refractivity contribution in [3.63, 3.8) is 0 Å². The van der Waals surface area contributed by atoms with E-state index in [1.807, 2.05) is 0 Å². The molecule has 0 nitrogen and oxygen atoms in total. The van der Waals surface area contributed by atoms with Crippen LogP contribution < -0.4 is 0 Å². The van der Waals surface area contributed by atoms with Crippen molar-refractivity contribution >= 4 is 43.1 Å². The predicted octanol–water partition coefficient (Wildman–Crippen LogP) is 20.8. The fourth-order valence-electron chi connectivity index (χ4n) is 10.6. The topological polar surface area (TPSA) is 0 Å². The monoisotopic (exact) mass is 919 g/mol. The van der Waals surface area contributed by atoms with E-state index in [1.54, 1.807) is 0 Å². The highest BCUT2D eigenvalue weighted by molar-refractivity contribution is 6.29. The first-order valence-electron chi connectivity index (χ1n) is 25.9. The third-order valence-electron chi connectivity index (χ3n) is 15.2. The minimum atomic E-state index is -0.0386. The molecule has 9 aromatic carbocycles. The molecule has 0 fully saturated rings. The molecule has 0 atom stereocenters. The molecule has 0 aliphatic heterocycles. The number of hydrogen-bond donors (Lipinski definition) is 0. The van der Waals surface area contributed by atoms with Gasteiger partial charge in [-0.2, -0.15) is 0 Å². The molecule has 0 radical (unpaired) electrons. The lowest BCUT2D eigenvalue weighted by Gasteiger charge is -2.26. The molecule has 70 heavy (non-hydrogen) atoms. The Morgan fingerprint density at radius 3 is 0.557 bits per heavy atom. The molecule has 0 aliphatic rings. The molecule has 0 amide bonds. The van der Waals surface area contributed by atoms with Crippen LogP contribution in [0.2, 0.25) is 0 Å². The lowest BCUT2D eigenvalue weighted by atomic mass is 9.77. The van der Waals surface area contributed by atoms with Gasteiger partial charge in [0, 0.05) is 0 Å². The highest BCUT2D eigenvalue weighted by atomic mass is 14.3. The maximum atomic E-state index is 2.58. The maximum absolute atomic E-state index is 2.58. The number of benzene rings is 9. The first-order valence-corrected chi connectivity index (χ1v) is 25.9. The van der Waals surface area contributed by atoms with Gasteiger partial charge in [-0.05, 0) is 178 Å². The lowest BCUT2D eigenvalue weighted by molar-refractivity contribution is 0.590. The summed E-state index contributed by atoms with van der Waals surface area (Å²) in [5, 5.41) is 10.3. The molecule has 0 unspecified atom stereocenters. The van der Waals surface area contributed by atoms with Gasteiger partial charge in [0.15, 0.2) is 0 Å². The number of hydrogen-bond acceptors (Lipinski definition) is 0. The molecule has 0 spiro atoms. The second-order valence-corrected chi connectivity index (χ2v) is 26.8. The van der Waals surface area contributed by atoms with Gasteiger partial charge >= 0.3 is 0 Å². The van der Waals surface area contributed by atoms with Crippen LogP contribution in [0.3, 0.4) is 0 Å². The van der Waals surface area contributed by atoms with Crippen molar-refractivity contribution in [2.24, 2.45) is 0 Å². The highest BCUT2D eigenvalue weighted by Crippen LogP contribution is 2.52. The van der Waals surface area contributed by atoms with Crippen molar-refractivity contribution in [2.45, 2.75) is 157 Å². The summed E-state index contributed by atoms with van der Waals surface area (Å²) in [4.78, 5) is 0. The summed E-state index contributed by atoms with van der Waals surface area (Å²) < 4.78 is 0. The van der Waals surface area contributed by atoms with Crippen molar-refractivity contribution in [3.05, 3.63) is 179 Å². The molecule has 0 aliphatic carbocycles. The van der Waals surface area contributed by atoms with E-state index in [4.69, 9.17) is 0 Å².